The lowest BCUT2D eigenvalue weighted by molar-refractivity contribution is 0.314. The average Bonchev–Trinajstić information content (AvgIpc) is 3.33. The molecule has 6 heteroatoms. The van der Waals surface area contributed by atoms with Crippen LogP contribution in [0.4, 0.5) is 0 Å². The van der Waals surface area contributed by atoms with E-state index in [2.05, 4.69) is 11.4 Å². The summed E-state index contributed by atoms with van der Waals surface area (Å²) in [5.74, 6) is 2.40. The van der Waals surface area contributed by atoms with E-state index in [-0.39, 0.29) is 11.7 Å². The zero-order chi connectivity index (χ0) is 25.3. The van der Waals surface area contributed by atoms with Gasteiger partial charge in [0.25, 0.3) is 0 Å². The van der Waals surface area contributed by atoms with Crippen molar-refractivity contribution in [3.63, 3.8) is 0 Å². The van der Waals surface area contributed by atoms with E-state index in [1.165, 1.54) is 25.7 Å². The van der Waals surface area contributed by atoms with Gasteiger partial charge in [-0.15, -0.1) is 0 Å². The smallest absolute Gasteiger partial charge is 0.333 e. The molecule has 1 heterocycles. The van der Waals surface area contributed by atoms with Crippen LogP contribution in [0.25, 0.3) is 5.69 Å². The number of ether oxygens (including phenoxy) is 2. The SMILES string of the molecule is O=c1n(-c2ccc(OCCNCCC3=CCCCC3)cc2)ccn1C1C=CC(Oc2ccccc2)=CC1. The van der Waals surface area contributed by atoms with Crippen molar-refractivity contribution in [2.24, 2.45) is 0 Å². The minimum absolute atomic E-state index is 0.0404. The Labute approximate surface area is 218 Å². The standard InChI is InChI=1S/C31H35N3O3/c35-31-33(22-23-34(31)27-13-17-30(18-14-27)37-29-9-5-2-6-10-29)26-11-15-28(16-12-26)36-24-21-32-20-19-25-7-3-1-4-8-25/h2,5-7,9-13,15-18,22-23,27,32H,1,3-4,8,14,19-21,24H2. The second-order valence-corrected chi connectivity index (χ2v) is 9.49. The van der Waals surface area contributed by atoms with E-state index in [4.69, 9.17) is 9.47 Å². The molecule has 5 rings (SSSR count). The van der Waals surface area contributed by atoms with Crippen molar-refractivity contribution in [2.45, 2.75) is 44.6 Å². The van der Waals surface area contributed by atoms with Gasteiger partial charge < -0.3 is 14.8 Å². The van der Waals surface area contributed by atoms with Crippen molar-refractivity contribution in [1.82, 2.24) is 14.5 Å². The number of nitrogens with zero attached hydrogens (tertiary/aromatic N) is 2. The van der Waals surface area contributed by atoms with Crippen LogP contribution in [0.1, 0.15) is 44.6 Å². The third kappa shape index (κ3) is 6.71. The third-order valence-corrected chi connectivity index (χ3v) is 6.85. The first-order valence-corrected chi connectivity index (χ1v) is 13.3. The summed E-state index contributed by atoms with van der Waals surface area (Å²) in [5, 5.41) is 3.46. The highest BCUT2D eigenvalue weighted by Gasteiger charge is 2.16. The topological polar surface area (TPSA) is 57.4 Å². The molecule has 0 aliphatic heterocycles. The lowest BCUT2D eigenvalue weighted by Gasteiger charge is -2.17. The lowest BCUT2D eigenvalue weighted by Crippen LogP contribution is -2.26. The summed E-state index contributed by atoms with van der Waals surface area (Å²) < 4.78 is 15.2. The number of para-hydroxylation sites is 1. The summed E-state index contributed by atoms with van der Waals surface area (Å²) in [4.78, 5) is 13.1. The maximum atomic E-state index is 13.1. The molecule has 6 nitrogen and oxygen atoms in total. The highest BCUT2D eigenvalue weighted by molar-refractivity contribution is 5.37. The summed E-state index contributed by atoms with van der Waals surface area (Å²) in [7, 11) is 0. The Morgan fingerprint density at radius 1 is 0.919 bits per heavy atom. The normalized spacial score (nSPS) is 17.2. The van der Waals surface area contributed by atoms with Gasteiger partial charge in [-0.05, 0) is 93.6 Å². The Morgan fingerprint density at radius 2 is 1.78 bits per heavy atom. The first kappa shape index (κ1) is 24.9. The maximum Gasteiger partial charge on any atom is 0.333 e. The molecule has 2 aromatic carbocycles. The zero-order valence-electron chi connectivity index (χ0n) is 21.2. The van der Waals surface area contributed by atoms with Crippen molar-refractivity contribution in [1.29, 1.82) is 0 Å². The van der Waals surface area contributed by atoms with Gasteiger partial charge in [0, 0.05) is 18.9 Å². The Kier molecular flexibility index (Phi) is 8.39. The van der Waals surface area contributed by atoms with Crippen LogP contribution in [0.2, 0.25) is 0 Å². The predicted octanol–water partition coefficient (Wildman–Crippen LogP) is 5.96. The van der Waals surface area contributed by atoms with Crippen molar-refractivity contribution in [3.8, 4) is 17.2 Å². The van der Waals surface area contributed by atoms with Crippen molar-refractivity contribution < 1.29 is 9.47 Å². The molecule has 0 bridgehead atoms. The van der Waals surface area contributed by atoms with Gasteiger partial charge in [0.1, 0.15) is 23.9 Å². The number of allylic oxidation sites excluding steroid dienone is 4. The second-order valence-electron chi connectivity index (χ2n) is 9.49. The molecule has 2 aliphatic rings. The molecule has 1 aromatic heterocycles. The van der Waals surface area contributed by atoms with Crippen LogP contribution in [-0.2, 0) is 0 Å². The van der Waals surface area contributed by atoms with Gasteiger partial charge in [-0.1, -0.05) is 35.9 Å². The van der Waals surface area contributed by atoms with Crippen LogP contribution in [-0.4, -0.2) is 28.8 Å². The third-order valence-electron chi connectivity index (χ3n) is 6.85. The largest absolute Gasteiger partial charge is 0.492 e. The molecule has 3 aromatic rings. The van der Waals surface area contributed by atoms with E-state index in [0.29, 0.717) is 13.0 Å². The first-order valence-electron chi connectivity index (χ1n) is 13.3. The Bertz CT molecular complexity index is 1300. The number of rotatable bonds is 11. The van der Waals surface area contributed by atoms with E-state index >= 15 is 0 Å². The lowest BCUT2D eigenvalue weighted by atomic mass is 9.97. The second kappa shape index (κ2) is 12.5. The number of imidazole rings is 1. The maximum absolute atomic E-state index is 13.1. The molecule has 1 unspecified atom stereocenters. The fraction of sp³-hybridized carbons (Fsp3) is 0.323. The molecule has 0 saturated heterocycles. The monoisotopic (exact) mass is 497 g/mol. The number of benzene rings is 2. The first-order chi connectivity index (χ1) is 18.3. The van der Waals surface area contributed by atoms with Crippen molar-refractivity contribution >= 4 is 0 Å². The highest BCUT2D eigenvalue weighted by atomic mass is 16.5. The summed E-state index contributed by atoms with van der Waals surface area (Å²) in [5.41, 5.74) is 2.34. The average molecular weight is 498 g/mol. The van der Waals surface area contributed by atoms with Gasteiger partial charge in [0.15, 0.2) is 0 Å². The minimum atomic E-state index is -0.0681. The fourth-order valence-electron chi connectivity index (χ4n) is 4.79. The Balaban J connectivity index is 1.09. The van der Waals surface area contributed by atoms with Crippen molar-refractivity contribution in [3.05, 3.63) is 113 Å². The van der Waals surface area contributed by atoms with Gasteiger partial charge in [-0.25, -0.2) is 4.79 Å². The van der Waals surface area contributed by atoms with E-state index in [1.807, 2.05) is 85.2 Å². The number of hydrogen-bond donors (Lipinski definition) is 1. The summed E-state index contributed by atoms with van der Waals surface area (Å²) in [6.45, 7) is 2.44. The summed E-state index contributed by atoms with van der Waals surface area (Å²) >= 11 is 0. The van der Waals surface area contributed by atoms with Gasteiger partial charge in [-0.3, -0.25) is 9.13 Å². The van der Waals surface area contributed by atoms with Crippen LogP contribution in [0.15, 0.2) is 107 Å². The van der Waals surface area contributed by atoms with Gasteiger partial charge in [0.2, 0.25) is 0 Å². The van der Waals surface area contributed by atoms with E-state index < -0.39 is 0 Å². The molecule has 0 fully saturated rings. The molecule has 1 atom stereocenters. The van der Waals surface area contributed by atoms with E-state index in [1.54, 1.807) is 14.7 Å². The molecule has 37 heavy (non-hydrogen) atoms. The molecule has 0 radical (unpaired) electrons. The van der Waals surface area contributed by atoms with Crippen LogP contribution in [0, 0.1) is 0 Å². The number of aromatic nitrogens is 2. The predicted molar refractivity (Wildman–Crippen MR) is 148 cm³/mol. The molecule has 2 aliphatic carbocycles. The molecule has 0 amide bonds. The molecular formula is C31H35N3O3. The zero-order valence-corrected chi connectivity index (χ0v) is 21.2. The minimum Gasteiger partial charge on any atom is -0.492 e. The Morgan fingerprint density at radius 3 is 2.54 bits per heavy atom. The molecule has 0 spiro atoms. The number of nitrogens with one attached hydrogen (secondary N) is 1. The number of hydrogen-bond acceptors (Lipinski definition) is 4. The molecular weight excluding hydrogens is 462 g/mol. The van der Waals surface area contributed by atoms with Gasteiger partial charge in [-0.2, -0.15) is 0 Å². The van der Waals surface area contributed by atoms with Gasteiger partial charge >= 0.3 is 5.69 Å². The van der Waals surface area contributed by atoms with Crippen LogP contribution < -0.4 is 20.5 Å². The summed E-state index contributed by atoms with van der Waals surface area (Å²) in [6, 6.07) is 17.3. The molecule has 192 valence electrons. The van der Waals surface area contributed by atoms with Crippen molar-refractivity contribution in [2.75, 3.05) is 19.7 Å². The Hall–Kier alpha value is -3.77. The fourth-order valence-corrected chi connectivity index (χ4v) is 4.79. The van der Waals surface area contributed by atoms with Crippen LogP contribution >= 0.6 is 0 Å². The quantitative estimate of drug-likeness (QED) is 0.262. The van der Waals surface area contributed by atoms with E-state index in [9.17, 15) is 4.79 Å². The highest BCUT2D eigenvalue weighted by Crippen LogP contribution is 2.23. The molecule has 1 N–H and O–H groups in total. The van der Waals surface area contributed by atoms with E-state index in [0.717, 1.165) is 42.5 Å². The van der Waals surface area contributed by atoms with Crippen LogP contribution in [0.5, 0.6) is 11.5 Å². The van der Waals surface area contributed by atoms with Gasteiger partial charge in [0.05, 0.1) is 11.7 Å². The molecule has 0 saturated carbocycles. The summed E-state index contributed by atoms with van der Waals surface area (Å²) in [6.07, 6.45) is 19.0. The van der Waals surface area contributed by atoms with Crippen LogP contribution in [0.3, 0.4) is 0 Å².